The highest BCUT2D eigenvalue weighted by Gasteiger charge is 2.20. The van der Waals surface area contributed by atoms with Crippen LogP contribution < -0.4 is 21.5 Å². The number of nitrogens with zero attached hydrogens (tertiary/aromatic N) is 3. The van der Waals surface area contributed by atoms with E-state index in [2.05, 4.69) is 27.6 Å². The zero-order valence-corrected chi connectivity index (χ0v) is 15.0. The Morgan fingerprint density at radius 2 is 1.83 bits per heavy atom. The molecule has 1 heterocycles. The first-order valence-corrected chi connectivity index (χ1v) is 8.42. The summed E-state index contributed by atoms with van der Waals surface area (Å²) in [4.78, 5) is 25.6. The Labute approximate surface area is 142 Å². The molecule has 0 aliphatic carbocycles. The normalized spacial score (nSPS) is 11.4. The molecule has 0 aliphatic heterocycles. The molecular weight excluding hydrogens is 306 g/mol. The molecule has 0 saturated heterocycles. The van der Waals surface area contributed by atoms with Gasteiger partial charge in [0.05, 0.1) is 5.69 Å². The molecule has 1 aromatic carbocycles. The summed E-state index contributed by atoms with van der Waals surface area (Å²) in [7, 11) is 4.01. The predicted octanol–water partition coefficient (Wildman–Crippen LogP) is 1.17. The lowest BCUT2D eigenvalue weighted by molar-refractivity contribution is 0.405. The Kier molecular flexibility index (Phi) is 6.14. The van der Waals surface area contributed by atoms with Crippen molar-refractivity contribution in [3.8, 4) is 0 Å². The second-order valence-electron chi connectivity index (χ2n) is 6.35. The average Bonchev–Trinajstić information content (AvgIpc) is 2.88. The van der Waals surface area contributed by atoms with Gasteiger partial charge in [0.2, 0.25) is 0 Å². The largest absolute Gasteiger partial charge is 0.380 e. The van der Waals surface area contributed by atoms with Gasteiger partial charge in [0.25, 0.3) is 10.9 Å². The Bertz CT molecular complexity index is 741. The summed E-state index contributed by atoms with van der Waals surface area (Å²) >= 11 is 0. The van der Waals surface area contributed by atoms with E-state index in [1.165, 1.54) is 0 Å². The first kappa shape index (κ1) is 18.2. The Morgan fingerprint density at radius 1 is 1.17 bits per heavy atom. The maximum Gasteiger partial charge on any atom is 0.253 e. The van der Waals surface area contributed by atoms with Crippen molar-refractivity contribution in [1.82, 2.24) is 14.7 Å². The summed E-state index contributed by atoms with van der Waals surface area (Å²) in [6, 6.07) is 0. The molecule has 0 bridgehead atoms. The minimum atomic E-state index is -0.441. The molecule has 7 heteroatoms. The lowest BCUT2D eigenvalue weighted by Gasteiger charge is -2.15. The fourth-order valence-electron chi connectivity index (χ4n) is 2.60. The van der Waals surface area contributed by atoms with Gasteiger partial charge in [0, 0.05) is 31.4 Å². The van der Waals surface area contributed by atoms with Gasteiger partial charge in [-0.15, -0.1) is 0 Å². The van der Waals surface area contributed by atoms with Gasteiger partial charge in [-0.05, 0) is 40.4 Å². The fourth-order valence-corrected chi connectivity index (χ4v) is 2.60. The van der Waals surface area contributed by atoms with Gasteiger partial charge in [0.1, 0.15) is 11.4 Å². The fraction of sp³-hybridized carbons (Fsp3) is 0.588. The molecule has 0 atom stereocenters. The number of aryl methyl sites for hydroxylation is 2. The molecular formula is C17H27N5O2. The van der Waals surface area contributed by atoms with Crippen molar-refractivity contribution in [2.24, 2.45) is 0 Å². The van der Waals surface area contributed by atoms with Gasteiger partial charge < -0.3 is 15.5 Å². The van der Waals surface area contributed by atoms with Crippen LogP contribution in [0, 0.1) is 6.92 Å². The lowest BCUT2D eigenvalue weighted by atomic mass is 10.1. The van der Waals surface area contributed by atoms with E-state index in [0.29, 0.717) is 24.5 Å². The van der Waals surface area contributed by atoms with Crippen molar-refractivity contribution in [2.75, 3.05) is 37.8 Å². The second-order valence-corrected chi connectivity index (χ2v) is 6.35. The minimum absolute atomic E-state index is 0.396. The van der Waals surface area contributed by atoms with Crippen LogP contribution in [0.2, 0.25) is 0 Å². The molecule has 0 spiro atoms. The molecule has 2 rings (SSSR count). The molecule has 132 valence electrons. The first-order chi connectivity index (χ1) is 11.4. The zero-order valence-electron chi connectivity index (χ0n) is 15.0. The monoisotopic (exact) mass is 333 g/mol. The second kappa shape index (κ2) is 8.10. The Morgan fingerprint density at radius 3 is 2.46 bits per heavy atom. The van der Waals surface area contributed by atoms with E-state index in [4.69, 9.17) is 0 Å². The van der Waals surface area contributed by atoms with E-state index in [0.717, 1.165) is 37.2 Å². The van der Waals surface area contributed by atoms with Crippen molar-refractivity contribution < 1.29 is 0 Å². The molecule has 0 amide bonds. The molecule has 0 fully saturated rings. The highest BCUT2D eigenvalue weighted by molar-refractivity contribution is 5.73. The number of rotatable bonds is 10. The van der Waals surface area contributed by atoms with Crippen LogP contribution in [-0.2, 0) is 13.1 Å². The maximum absolute atomic E-state index is 11.8. The van der Waals surface area contributed by atoms with Gasteiger partial charge in [0.15, 0.2) is 0 Å². The van der Waals surface area contributed by atoms with Crippen LogP contribution in [0.5, 0.6) is 0 Å². The van der Waals surface area contributed by atoms with Crippen LogP contribution in [0.3, 0.4) is 0 Å². The molecule has 1 aromatic heterocycles. The van der Waals surface area contributed by atoms with E-state index in [1.807, 2.05) is 31.9 Å². The predicted molar refractivity (Wildman–Crippen MR) is 97.6 cm³/mol. The van der Waals surface area contributed by atoms with Crippen LogP contribution in [0.1, 0.15) is 31.0 Å². The van der Waals surface area contributed by atoms with Crippen molar-refractivity contribution in [1.29, 1.82) is 0 Å². The maximum atomic E-state index is 11.8. The third-order valence-electron chi connectivity index (χ3n) is 3.95. The summed E-state index contributed by atoms with van der Waals surface area (Å²) in [6.07, 6.45) is 3.92. The summed E-state index contributed by atoms with van der Waals surface area (Å²) < 4.78 is 1.91. The van der Waals surface area contributed by atoms with E-state index in [1.54, 1.807) is 0 Å². The Balaban J connectivity index is 1.94. The third kappa shape index (κ3) is 4.23. The highest BCUT2D eigenvalue weighted by atomic mass is 16.2. The van der Waals surface area contributed by atoms with E-state index in [-0.39, 0.29) is 0 Å². The highest BCUT2D eigenvalue weighted by Crippen LogP contribution is 2.16. The van der Waals surface area contributed by atoms with Crippen LogP contribution in [0.15, 0.2) is 15.8 Å². The molecule has 0 saturated carbocycles. The average molecular weight is 333 g/mol. The smallest absolute Gasteiger partial charge is 0.253 e. The van der Waals surface area contributed by atoms with Gasteiger partial charge >= 0.3 is 0 Å². The Hall–Kier alpha value is -2.15. The van der Waals surface area contributed by atoms with Gasteiger partial charge in [-0.1, -0.05) is 6.92 Å². The van der Waals surface area contributed by atoms with Crippen molar-refractivity contribution in [2.45, 2.75) is 39.8 Å². The standard InChI is InChI=1S/C17H27N5O2/c1-5-8-22-11-13(12(2)20-22)10-19-15-14(16(23)17(15)24)18-7-6-9-21(3)4/h11,18-19H,5-10H2,1-4H3. The zero-order chi connectivity index (χ0) is 17.7. The molecule has 0 aliphatic rings. The molecule has 7 nitrogen and oxygen atoms in total. The van der Waals surface area contributed by atoms with Crippen LogP contribution in [-0.4, -0.2) is 41.9 Å². The quantitative estimate of drug-likeness (QED) is 0.502. The third-order valence-corrected chi connectivity index (χ3v) is 3.95. The summed E-state index contributed by atoms with van der Waals surface area (Å²) in [5.41, 5.74) is 1.92. The first-order valence-electron chi connectivity index (χ1n) is 8.42. The van der Waals surface area contributed by atoms with E-state index < -0.39 is 10.9 Å². The molecule has 2 N–H and O–H groups in total. The SMILES string of the molecule is CCCn1cc(CNc2c(NCCCN(C)C)c(=O)c2=O)c(C)n1. The van der Waals surface area contributed by atoms with Crippen molar-refractivity contribution in [3.63, 3.8) is 0 Å². The van der Waals surface area contributed by atoms with Crippen LogP contribution >= 0.6 is 0 Å². The van der Waals surface area contributed by atoms with Crippen LogP contribution in [0.4, 0.5) is 11.4 Å². The molecule has 0 unspecified atom stereocenters. The van der Waals surface area contributed by atoms with Gasteiger partial charge in [-0.2, -0.15) is 5.10 Å². The summed E-state index contributed by atoms with van der Waals surface area (Å²) in [6.45, 7) is 7.02. The molecule has 0 radical (unpaired) electrons. The van der Waals surface area contributed by atoms with E-state index in [9.17, 15) is 9.59 Å². The lowest BCUT2D eigenvalue weighted by Crippen LogP contribution is -2.37. The van der Waals surface area contributed by atoms with Crippen molar-refractivity contribution in [3.05, 3.63) is 37.9 Å². The molecule has 2 aromatic rings. The topological polar surface area (TPSA) is 79.3 Å². The van der Waals surface area contributed by atoms with E-state index >= 15 is 0 Å². The molecule has 24 heavy (non-hydrogen) atoms. The van der Waals surface area contributed by atoms with Crippen LogP contribution in [0.25, 0.3) is 0 Å². The summed E-state index contributed by atoms with van der Waals surface area (Å²) in [5, 5.41) is 10.6. The van der Waals surface area contributed by atoms with Crippen molar-refractivity contribution >= 4 is 11.4 Å². The van der Waals surface area contributed by atoms with Gasteiger partial charge in [-0.3, -0.25) is 14.3 Å². The number of hydrogen-bond donors (Lipinski definition) is 2. The minimum Gasteiger partial charge on any atom is -0.380 e. The number of aromatic nitrogens is 2. The number of hydrogen-bond acceptors (Lipinski definition) is 6. The summed E-state index contributed by atoms with van der Waals surface area (Å²) in [5.74, 6) is 0. The number of anilines is 2. The van der Waals surface area contributed by atoms with Gasteiger partial charge in [-0.25, -0.2) is 0 Å². The number of nitrogens with one attached hydrogen (secondary N) is 2.